The summed E-state index contributed by atoms with van der Waals surface area (Å²) < 4.78 is 5.06. The van der Waals surface area contributed by atoms with Gasteiger partial charge in [0.25, 0.3) is 0 Å². The van der Waals surface area contributed by atoms with Crippen molar-refractivity contribution < 1.29 is 14.3 Å². The van der Waals surface area contributed by atoms with Crippen molar-refractivity contribution in [1.29, 1.82) is 0 Å². The van der Waals surface area contributed by atoms with Crippen LogP contribution in [-0.4, -0.2) is 24.5 Å². The third kappa shape index (κ3) is 4.54. The average molecular weight is 312 g/mol. The number of carbonyl (C=O) groups excluding carboxylic acids is 2. The second kappa shape index (κ2) is 7.56. The number of hydrogen-bond donors (Lipinski definition) is 2. The first-order chi connectivity index (χ1) is 9.77. The van der Waals surface area contributed by atoms with Crippen LogP contribution in [0.5, 0.6) is 0 Å². The highest BCUT2D eigenvalue weighted by atomic mass is 32.1. The highest BCUT2D eigenvalue weighted by Gasteiger charge is 2.22. The minimum atomic E-state index is -0.400. The Morgan fingerprint density at radius 3 is 2.48 bits per heavy atom. The van der Waals surface area contributed by atoms with Crippen LogP contribution in [0.1, 0.15) is 48.0 Å². The van der Waals surface area contributed by atoms with Gasteiger partial charge in [-0.25, -0.2) is 4.79 Å². The van der Waals surface area contributed by atoms with E-state index in [0.29, 0.717) is 17.2 Å². The van der Waals surface area contributed by atoms with E-state index in [1.807, 2.05) is 27.7 Å². The number of esters is 1. The SMILES string of the molecule is CCOC(=O)c1c(NC(=O)CC(N)C(C)C)sc(C)c1C. The van der Waals surface area contributed by atoms with E-state index in [-0.39, 0.29) is 24.3 Å². The van der Waals surface area contributed by atoms with E-state index >= 15 is 0 Å². The quantitative estimate of drug-likeness (QED) is 0.791. The molecule has 21 heavy (non-hydrogen) atoms. The topological polar surface area (TPSA) is 81.4 Å². The van der Waals surface area contributed by atoms with Gasteiger partial charge in [-0.15, -0.1) is 11.3 Å². The fraction of sp³-hybridized carbons (Fsp3) is 0.600. The first-order valence-corrected chi connectivity index (χ1v) is 7.92. The molecule has 0 aliphatic rings. The molecule has 0 aliphatic heterocycles. The van der Waals surface area contributed by atoms with Gasteiger partial charge >= 0.3 is 5.97 Å². The fourth-order valence-electron chi connectivity index (χ4n) is 1.79. The van der Waals surface area contributed by atoms with Crippen molar-refractivity contribution in [2.45, 2.75) is 47.1 Å². The molecule has 1 aromatic rings. The van der Waals surface area contributed by atoms with Gasteiger partial charge in [-0.05, 0) is 32.3 Å². The Morgan fingerprint density at radius 2 is 1.95 bits per heavy atom. The van der Waals surface area contributed by atoms with Gasteiger partial charge in [0.1, 0.15) is 5.00 Å². The van der Waals surface area contributed by atoms with E-state index in [2.05, 4.69) is 5.32 Å². The molecule has 0 radical (unpaired) electrons. The third-order valence-corrected chi connectivity index (χ3v) is 4.52. The Labute approximate surface area is 129 Å². The standard InChI is InChI=1S/C15H24N2O3S/c1-6-20-15(19)13-9(4)10(5)21-14(13)17-12(18)7-11(16)8(2)3/h8,11H,6-7,16H2,1-5H3,(H,17,18). The normalized spacial score (nSPS) is 12.3. The Hall–Kier alpha value is -1.40. The van der Waals surface area contributed by atoms with Gasteiger partial charge in [0.15, 0.2) is 0 Å². The van der Waals surface area contributed by atoms with Crippen LogP contribution in [0.3, 0.4) is 0 Å². The molecule has 0 saturated heterocycles. The van der Waals surface area contributed by atoms with Crippen LogP contribution in [0.25, 0.3) is 0 Å². The number of ether oxygens (including phenoxy) is 1. The van der Waals surface area contributed by atoms with Crippen LogP contribution in [0.4, 0.5) is 5.00 Å². The van der Waals surface area contributed by atoms with Crippen molar-refractivity contribution in [3.63, 3.8) is 0 Å². The maximum Gasteiger partial charge on any atom is 0.341 e. The maximum absolute atomic E-state index is 12.0. The van der Waals surface area contributed by atoms with Crippen molar-refractivity contribution in [2.75, 3.05) is 11.9 Å². The Morgan fingerprint density at radius 1 is 1.33 bits per heavy atom. The monoisotopic (exact) mass is 312 g/mol. The molecule has 0 fully saturated rings. The zero-order valence-corrected chi connectivity index (χ0v) is 14.1. The first-order valence-electron chi connectivity index (χ1n) is 7.10. The summed E-state index contributed by atoms with van der Waals surface area (Å²) in [5, 5.41) is 3.34. The molecule has 118 valence electrons. The van der Waals surface area contributed by atoms with Crippen LogP contribution in [0.15, 0.2) is 0 Å². The second-order valence-electron chi connectivity index (χ2n) is 5.37. The third-order valence-electron chi connectivity index (χ3n) is 3.40. The van der Waals surface area contributed by atoms with E-state index in [4.69, 9.17) is 10.5 Å². The van der Waals surface area contributed by atoms with Gasteiger partial charge < -0.3 is 15.8 Å². The number of nitrogens with two attached hydrogens (primary N) is 1. The largest absolute Gasteiger partial charge is 0.462 e. The molecular formula is C15H24N2O3S. The number of nitrogens with one attached hydrogen (secondary N) is 1. The molecular weight excluding hydrogens is 288 g/mol. The lowest BCUT2D eigenvalue weighted by Crippen LogP contribution is -2.31. The molecule has 1 atom stereocenters. The molecule has 0 bridgehead atoms. The van der Waals surface area contributed by atoms with Gasteiger partial charge in [0.2, 0.25) is 5.91 Å². The van der Waals surface area contributed by atoms with E-state index in [0.717, 1.165) is 10.4 Å². The molecule has 1 rings (SSSR count). The molecule has 5 nitrogen and oxygen atoms in total. The van der Waals surface area contributed by atoms with Crippen LogP contribution in [-0.2, 0) is 9.53 Å². The first kappa shape index (κ1) is 17.7. The molecule has 0 aromatic carbocycles. The van der Waals surface area contributed by atoms with Crippen molar-refractivity contribution >= 4 is 28.2 Å². The van der Waals surface area contributed by atoms with Gasteiger partial charge in [-0.2, -0.15) is 0 Å². The fourth-order valence-corrected chi connectivity index (χ4v) is 2.86. The molecule has 3 N–H and O–H groups in total. The highest BCUT2D eigenvalue weighted by molar-refractivity contribution is 7.16. The van der Waals surface area contributed by atoms with E-state index in [9.17, 15) is 9.59 Å². The summed E-state index contributed by atoms with van der Waals surface area (Å²) in [6, 6.07) is -0.196. The molecule has 1 aromatic heterocycles. The summed E-state index contributed by atoms with van der Waals surface area (Å²) in [5.74, 6) is -0.349. The van der Waals surface area contributed by atoms with Crippen molar-refractivity contribution in [1.82, 2.24) is 0 Å². The van der Waals surface area contributed by atoms with Gasteiger partial charge in [0, 0.05) is 17.3 Å². The number of aryl methyl sites for hydroxylation is 1. The van der Waals surface area contributed by atoms with Crippen molar-refractivity contribution in [2.24, 2.45) is 11.7 Å². The van der Waals surface area contributed by atoms with Gasteiger partial charge in [-0.3, -0.25) is 4.79 Å². The smallest absolute Gasteiger partial charge is 0.341 e. The van der Waals surface area contributed by atoms with Gasteiger partial charge in [0.05, 0.1) is 12.2 Å². The number of hydrogen-bond acceptors (Lipinski definition) is 5. The minimum Gasteiger partial charge on any atom is -0.462 e. The molecule has 1 heterocycles. The summed E-state index contributed by atoms with van der Waals surface area (Å²) in [7, 11) is 0. The summed E-state index contributed by atoms with van der Waals surface area (Å²) in [6.07, 6.45) is 0.232. The predicted molar refractivity (Wildman–Crippen MR) is 85.8 cm³/mol. The predicted octanol–water partition coefficient (Wildman–Crippen LogP) is 2.85. The van der Waals surface area contributed by atoms with Crippen LogP contribution < -0.4 is 11.1 Å². The zero-order chi connectivity index (χ0) is 16.2. The summed E-state index contributed by atoms with van der Waals surface area (Å²) in [4.78, 5) is 25.1. The van der Waals surface area contributed by atoms with Crippen LogP contribution in [0, 0.1) is 19.8 Å². The molecule has 1 unspecified atom stereocenters. The van der Waals surface area contributed by atoms with E-state index in [1.165, 1.54) is 11.3 Å². The molecule has 0 saturated carbocycles. The summed E-state index contributed by atoms with van der Waals surface area (Å²) in [5.41, 5.74) is 7.20. The number of anilines is 1. The highest BCUT2D eigenvalue weighted by Crippen LogP contribution is 2.33. The Balaban J connectivity index is 2.91. The molecule has 6 heteroatoms. The number of amides is 1. The Bertz CT molecular complexity index is 523. The van der Waals surface area contributed by atoms with E-state index < -0.39 is 5.97 Å². The second-order valence-corrected chi connectivity index (χ2v) is 6.59. The van der Waals surface area contributed by atoms with E-state index in [1.54, 1.807) is 6.92 Å². The lowest BCUT2D eigenvalue weighted by Gasteiger charge is -2.15. The minimum absolute atomic E-state index is 0.178. The van der Waals surface area contributed by atoms with Crippen LogP contribution in [0.2, 0.25) is 0 Å². The summed E-state index contributed by atoms with van der Waals surface area (Å²) >= 11 is 1.39. The van der Waals surface area contributed by atoms with Crippen molar-refractivity contribution in [3.8, 4) is 0 Å². The zero-order valence-electron chi connectivity index (χ0n) is 13.3. The maximum atomic E-state index is 12.0. The number of carbonyl (C=O) groups is 2. The number of rotatable bonds is 6. The lowest BCUT2D eigenvalue weighted by atomic mass is 10.0. The molecule has 0 aliphatic carbocycles. The number of thiophene rings is 1. The molecule has 0 spiro atoms. The average Bonchev–Trinajstić information content (AvgIpc) is 2.64. The lowest BCUT2D eigenvalue weighted by molar-refractivity contribution is -0.116. The summed E-state index contributed by atoms with van der Waals surface area (Å²) in [6.45, 7) is 9.78. The molecule has 1 amide bonds. The van der Waals surface area contributed by atoms with Crippen molar-refractivity contribution in [3.05, 3.63) is 16.0 Å². The van der Waals surface area contributed by atoms with Crippen LogP contribution >= 0.6 is 11.3 Å². The van der Waals surface area contributed by atoms with Gasteiger partial charge in [-0.1, -0.05) is 13.8 Å². The Kier molecular flexibility index (Phi) is 6.36.